The summed E-state index contributed by atoms with van der Waals surface area (Å²) in [6.07, 6.45) is 0. The van der Waals surface area contributed by atoms with Crippen LogP contribution in [0.5, 0.6) is 0 Å². The van der Waals surface area contributed by atoms with Crippen molar-refractivity contribution in [3.05, 3.63) is 291 Å². The highest BCUT2D eigenvalue weighted by atomic mass is 15.1. The van der Waals surface area contributed by atoms with Crippen molar-refractivity contribution in [1.82, 2.24) is 4.57 Å². The molecule has 0 aliphatic rings. The summed E-state index contributed by atoms with van der Waals surface area (Å²) >= 11 is 0. The van der Waals surface area contributed by atoms with E-state index >= 15 is 0 Å². The van der Waals surface area contributed by atoms with Crippen LogP contribution in [0.25, 0.3) is 115 Å². The highest BCUT2D eigenvalue weighted by Gasteiger charge is 2.21. The molecule has 14 aromatic rings. The van der Waals surface area contributed by atoms with Gasteiger partial charge in [-0.25, -0.2) is 0 Å². The summed E-state index contributed by atoms with van der Waals surface area (Å²) in [7, 11) is 0. The van der Waals surface area contributed by atoms with E-state index < -0.39 is 0 Å². The summed E-state index contributed by atoms with van der Waals surface area (Å²) in [5.74, 6) is 0. The monoisotopic (exact) mass is 940 g/mol. The molecule has 1 heterocycles. The number of hydrogen-bond donors (Lipinski definition) is 0. The second-order valence-electron chi connectivity index (χ2n) is 19.2. The van der Waals surface area contributed by atoms with Crippen LogP contribution in [-0.4, -0.2) is 4.57 Å². The minimum absolute atomic E-state index is 1.08. The molecule has 0 saturated heterocycles. The van der Waals surface area contributed by atoms with E-state index in [2.05, 4.69) is 301 Å². The number of fused-ring (bicyclic) bond motifs is 7. The summed E-state index contributed by atoms with van der Waals surface area (Å²) in [5.41, 5.74) is 18.8. The van der Waals surface area contributed by atoms with Crippen LogP contribution in [0.15, 0.2) is 291 Å². The molecule has 0 fully saturated rings. The van der Waals surface area contributed by atoms with E-state index in [1.54, 1.807) is 0 Å². The van der Waals surface area contributed by atoms with Crippen LogP contribution in [0.4, 0.5) is 17.1 Å². The second-order valence-corrected chi connectivity index (χ2v) is 19.2. The van der Waals surface area contributed by atoms with Crippen molar-refractivity contribution in [2.24, 2.45) is 0 Å². The van der Waals surface area contributed by atoms with Crippen LogP contribution in [0.3, 0.4) is 0 Å². The largest absolute Gasteiger partial charge is 0.310 e. The van der Waals surface area contributed by atoms with Crippen molar-refractivity contribution in [2.75, 3.05) is 4.90 Å². The molecule has 0 N–H and O–H groups in total. The third-order valence-electron chi connectivity index (χ3n) is 15.0. The molecule has 2 heteroatoms. The van der Waals surface area contributed by atoms with E-state index in [4.69, 9.17) is 0 Å². The average Bonchev–Trinajstić information content (AvgIpc) is 3.84. The molecule has 0 atom stereocenters. The lowest BCUT2D eigenvalue weighted by Crippen LogP contribution is -2.10. The first kappa shape index (κ1) is 43.1. The summed E-state index contributed by atoms with van der Waals surface area (Å²) in [6.45, 7) is 0. The molecule has 0 amide bonds. The van der Waals surface area contributed by atoms with Gasteiger partial charge in [-0.1, -0.05) is 231 Å². The Morgan fingerprint density at radius 3 is 1.24 bits per heavy atom. The Bertz CT molecular complexity index is 4200. The van der Waals surface area contributed by atoms with Gasteiger partial charge in [0.05, 0.1) is 11.0 Å². The summed E-state index contributed by atoms with van der Waals surface area (Å²) in [6, 6.07) is 106. The summed E-state index contributed by atoms with van der Waals surface area (Å²) < 4.78 is 2.45. The van der Waals surface area contributed by atoms with Gasteiger partial charge in [-0.3, -0.25) is 0 Å². The summed E-state index contributed by atoms with van der Waals surface area (Å²) in [4.78, 5) is 2.40. The van der Waals surface area contributed by atoms with Crippen molar-refractivity contribution >= 4 is 71.2 Å². The number of rotatable bonds is 9. The van der Waals surface area contributed by atoms with E-state index in [0.717, 1.165) is 28.3 Å². The lowest BCUT2D eigenvalue weighted by molar-refractivity contribution is 1.19. The van der Waals surface area contributed by atoms with Gasteiger partial charge in [-0.2, -0.15) is 0 Å². The first-order valence-corrected chi connectivity index (χ1v) is 25.5. The quantitative estimate of drug-likeness (QED) is 0.140. The number of nitrogens with zero attached hydrogens (tertiary/aromatic N) is 2. The van der Waals surface area contributed by atoms with E-state index in [1.165, 1.54) is 104 Å². The van der Waals surface area contributed by atoms with Crippen molar-refractivity contribution in [1.29, 1.82) is 0 Å². The van der Waals surface area contributed by atoms with Crippen LogP contribution < -0.4 is 4.90 Å². The number of aromatic nitrogens is 1. The molecule has 2 nitrogen and oxygen atoms in total. The molecule has 14 rings (SSSR count). The molecule has 1 aromatic heterocycles. The maximum atomic E-state index is 2.45. The Kier molecular flexibility index (Phi) is 10.6. The normalized spacial score (nSPS) is 11.5. The van der Waals surface area contributed by atoms with E-state index in [0.29, 0.717) is 0 Å². The lowest BCUT2D eigenvalue weighted by Gasteiger charge is -2.26. The number of anilines is 3. The minimum Gasteiger partial charge on any atom is -0.310 e. The molecule has 74 heavy (non-hydrogen) atoms. The van der Waals surface area contributed by atoms with Crippen LogP contribution in [0.1, 0.15) is 0 Å². The maximum Gasteiger partial charge on any atom is 0.0625 e. The first-order chi connectivity index (χ1) is 36.7. The Morgan fingerprint density at radius 2 is 0.676 bits per heavy atom. The molecule has 0 radical (unpaired) electrons. The fraction of sp³-hybridized carbons (Fsp3) is 0. The van der Waals surface area contributed by atoms with Gasteiger partial charge in [-0.05, 0) is 143 Å². The van der Waals surface area contributed by atoms with Crippen LogP contribution in [0.2, 0.25) is 0 Å². The average molecular weight is 941 g/mol. The van der Waals surface area contributed by atoms with E-state index in [1.807, 2.05) is 0 Å². The van der Waals surface area contributed by atoms with Gasteiger partial charge in [0.1, 0.15) is 0 Å². The van der Waals surface area contributed by atoms with Gasteiger partial charge < -0.3 is 9.47 Å². The first-order valence-electron chi connectivity index (χ1n) is 25.5. The Hall–Kier alpha value is -9.76. The molecule has 346 valence electrons. The van der Waals surface area contributed by atoms with E-state index in [-0.39, 0.29) is 0 Å². The highest BCUT2D eigenvalue weighted by Crippen LogP contribution is 2.45. The third kappa shape index (κ3) is 7.52. The molecular formula is C72H48N2. The minimum atomic E-state index is 1.08. The molecule has 0 spiro atoms. The van der Waals surface area contributed by atoms with Crippen LogP contribution in [0, 0.1) is 0 Å². The number of hydrogen-bond acceptors (Lipinski definition) is 1. The molecule has 0 saturated carbocycles. The summed E-state index contributed by atoms with van der Waals surface area (Å²) in [5, 5.41) is 9.96. The fourth-order valence-electron chi connectivity index (χ4n) is 11.4. The number of para-hydroxylation sites is 2. The third-order valence-corrected chi connectivity index (χ3v) is 15.0. The molecule has 0 bridgehead atoms. The molecule has 0 aliphatic heterocycles. The predicted octanol–water partition coefficient (Wildman–Crippen LogP) is 20.0. The van der Waals surface area contributed by atoms with Crippen LogP contribution >= 0.6 is 0 Å². The van der Waals surface area contributed by atoms with Crippen molar-refractivity contribution in [3.8, 4) is 61.3 Å². The lowest BCUT2D eigenvalue weighted by atomic mass is 9.94. The van der Waals surface area contributed by atoms with Gasteiger partial charge in [0.15, 0.2) is 0 Å². The zero-order chi connectivity index (χ0) is 49.0. The van der Waals surface area contributed by atoms with Crippen molar-refractivity contribution < 1.29 is 0 Å². The van der Waals surface area contributed by atoms with Crippen LogP contribution in [-0.2, 0) is 0 Å². The maximum absolute atomic E-state index is 2.45. The zero-order valence-electron chi connectivity index (χ0n) is 40.6. The number of benzene rings is 13. The molecule has 0 unspecified atom stereocenters. The Morgan fingerprint density at radius 1 is 0.243 bits per heavy atom. The zero-order valence-corrected chi connectivity index (χ0v) is 40.6. The SMILES string of the molecule is c1ccc(-n2c3ccccc3c3c(-c4cccc(N(c5ccc(-c6ccc(-c7cccc8ccccc78)cc6)cc5)c5ccc(-c6ccc(-c7cccc8ccccc78)cc6)cc5)c4)cc4ccccc4c32)cc1. The highest BCUT2D eigenvalue weighted by molar-refractivity contribution is 6.24. The predicted molar refractivity (Wildman–Crippen MR) is 315 cm³/mol. The Balaban J connectivity index is 0.873. The molecular weight excluding hydrogens is 893 g/mol. The Labute approximate surface area is 430 Å². The molecule has 13 aromatic carbocycles. The van der Waals surface area contributed by atoms with Crippen molar-refractivity contribution in [2.45, 2.75) is 0 Å². The van der Waals surface area contributed by atoms with Gasteiger partial charge in [-0.15, -0.1) is 0 Å². The molecule has 0 aliphatic carbocycles. The van der Waals surface area contributed by atoms with Gasteiger partial charge in [0, 0.05) is 38.9 Å². The van der Waals surface area contributed by atoms with Gasteiger partial charge in [0.2, 0.25) is 0 Å². The standard InChI is InChI=1S/C72H48N2/c1-2-21-59(22-3-1)74-70-30-11-10-27-68(70)71-69(48-58-17-6-9-26-67(58)72(71)74)57-20-12-23-62(47-57)73(60-43-39-51(40-44-60)49-31-35-55(36-32-49)65-28-13-18-53-15-4-7-24-63(53)65)61-45-41-52(42-46-61)50-33-37-56(38-34-50)66-29-14-19-54-16-5-8-25-64(54)66/h1-48H. The van der Waals surface area contributed by atoms with Gasteiger partial charge >= 0.3 is 0 Å². The smallest absolute Gasteiger partial charge is 0.0625 e. The fourth-order valence-corrected chi connectivity index (χ4v) is 11.4. The second kappa shape index (κ2) is 18.1. The van der Waals surface area contributed by atoms with Crippen molar-refractivity contribution in [3.63, 3.8) is 0 Å². The van der Waals surface area contributed by atoms with Gasteiger partial charge in [0.25, 0.3) is 0 Å². The van der Waals surface area contributed by atoms with E-state index in [9.17, 15) is 0 Å². The topological polar surface area (TPSA) is 8.17 Å².